The Bertz CT molecular complexity index is 1080. The number of nitrogens with zero attached hydrogens (tertiary/aromatic N) is 3. The molecule has 2 aromatic heterocycles. The van der Waals surface area contributed by atoms with E-state index in [9.17, 15) is 4.79 Å². The van der Waals surface area contributed by atoms with Crippen molar-refractivity contribution >= 4 is 23.2 Å². The number of rotatable bonds is 4. The van der Waals surface area contributed by atoms with Crippen LogP contribution in [0.5, 0.6) is 0 Å². The summed E-state index contributed by atoms with van der Waals surface area (Å²) in [5, 5.41) is 0.682. The van der Waals surface area contributed by atoms with Crippen LogP contribution in [0.25, 0.3) is 5.65 Å². The molecule has 1 amide bonds. The van der Waals surface area contributed by atoms with Gasteiger partial charge in [-0.05, 0) is 48.6 Å². The minimum Gasteiger partial charge on any atom is -0.381 e. The van der Waals surface area contributed by atoms with Gasteiger partial charge >= 0.3 is 0 Å². The molecule has 1 aromatic carbocycles. The molecular formula is C25H28ClN3O3. The van der Waals surface area contributed by atoms with Crippen molar-refractivity contribution in [1.82, 2.24) is 14.3 Å². The minimum atomic E-state index is -0.562. The third-order valence-electron chi connectivity index (χ3n) is 6.75. The SMILES string of the molecule is O=C(N1CCOC[C@H](Cc2ccc3nccn3c2)C1)C1(c2ccc(Cl)cc2)CCOCC1. The van der Waals surface area contributed by atoms with Gasteiger partial charge in [0.05, 0.1) is 18.6 Å². The number of carbonyl (C=O) groups is 1. The third kappa shape index (κ3) is 4.27. The van der Waals surface area contributed by atoms with E-state index in [4.69, 9.17) is 21.1 Å². The zero-order valence-electron chi connectivity index (χ0n) is 18.1. The average molecular weight is 454 g/mol. The summed E-state index contributed by atoms with van der Waals surface area (Å²) in [6.45, 7) is 3.71. The molecule has 2 saturated heterocycles. The highest BCUT2D eigenvalue weighted by Crippen LogP contribution is 2.38. The highest BCUT2D eigenvalue weighted by Gasteiger charge is 2.44. The molecule has 2 aliphatic heterocycles. The molecule has 2 fully saturated rings. The molecule has 0 aliphatic carbocycles. The van der Waals surface area contributed by atoms with E-state index >= 15 is 0 Å². The molecule has 0 N–H and O–H groups in total. The lowest BCUT2D eigenvalue weighted by Crippen LogP contribution is -2.51. The number of benzene rings is 1. The van der Waals surface area contributed by atoms with Crippen molar-refractivity contribution in [1.29, 1.82) is 0 Å². The second kappa shape index (κ2) is 9.22. The maximum Gasteiger partial charge on any atom is 0.233 e. The van der Waals surface area contributed by atoms with Gasteiger partial charge in [-0.25, -0.2) is 4.98 Å². The average Bonchev–Trinajstić information content (AvgIpc) is 3.17. The Balaban J connectivity index is 1.37. The molecule has 7 heteroatoms. The number of hydrogen-bond donors (Lipinski definition) is 0. The number of imidazole rings is 1. The first-order chi connectivity index (χ1) is 15.6. The number of ether oxygens (including phenoxy) is 2. The zero-order valence-corrected chi connectivity index (χ0v) is 18.8. The highest BCUT2D eigenvalue weighted by molar-refractivity contribution is 6.30. The lowest BCUT2D eigenvalue weighted by Gasteiger charge is -2.40. The van der Waals surface area contributed by atoms with Crippen LogP contribution in [0, 0.1) is 5.92 Å². The van der Waals surface area contributed by atoms with Crippen LogP contribution in [0.4, 0.5) is 0 Å². The quantitative estimate of drug-likeness (QED) is 0.603. The zero-order chi connectivity index (χ0) is 22.0. The molecule has 0 spiro atoms. The number of aromatic nitrogens is 2. The van der Waals surface area contributed by atoms with Crippen molar-refractivity contribution in [3.8, 4) is 0 Å². The van der Waals surface area contributed by atoms with Crippen LogP contribution in [0.15, 0.2) is 55.0 Å². The molecule has 0 radical (unpaired) electrons. The fraction of sp³-hybridized carbons (Fsp3) is 0.440. The Hall–Kier alpha value is -2.41. The largest absolute Gasteiger partial charge is 0.381 e. The Morgan fingerprint density at radius 3 is 2.72 bits per heavy atom. The summed E-state index contributed by atoms with van der Waals surface area (Å²) in [6, 6.07) is 11.9. The molecule has 5 rings (SSSR count). The van der Waals surface area contributed by atoms with E-state index in [1.165, 1.54) is 5.56 Å². The van der Waals surface area contributed by atoms with Crippen LogP contribution in [-0.2, 0) is 26.1 Å². The van der Waals surface area contributed by atoms with Crippen molar-refractivity contribution in [3.63, 3.8) is 0 Å². The predicted molar refractivity (Wildman–Crippen MR) is 123 cm³/mol. The maximum atomic E-state index is 14.0. The summed E-state index contributed by atoms with van der Waals surface area (Å²) in [4.78, 5) is 20.4. The van der Waals surface area contributed by atoms with Gasteiger partial charge in [-0.3, -0.25) is 4.79 Å². The molecule has 4 heterocycles. The fourth-order valence-electron chi connectivity index (χ4n) is 5.03. The van der Waals surface area contributed by atoms with Crippen molar-refractivity contribution < 1.29 is 14.3 Å². The van der Waals surface area contributed by atoms with Gasteiger partial charge < -0.3 is 18.8 Å². The molecule has 1 atom stereocenters. The monoisotopic (exact) mass is 453 g/mol. The summed E-state index contributed by atoms with van der Waals surface area (Å²) in [5.41, 5.74) is 2.62. The molecular weight excluding hydrogens is 426 g/mol. The van der Waals surface area contributed by atoms with Gasteiger partial charge in [0.1, 0.15) is 5.65 Å². The summed E-state index contributed by atoms with van der Waals surface area (Å²) < 4.78 is 13.6. The normalized spacial score (nSPS) is 21.4. The predicted octanol–water partition coefficient (Wildman–Crippen LogP) is 3.75. The number of hydrogen-bond acceptors (Lipinski definition) is 4. The van der Waals surface area contributed by atoms with E-state index in [0.29, 0.717) is 57.4 Å². The summed E-state index contributed by atoms with van der Waals surface area (Å²) >= 11 is 6.13. The third-order valence-corrected chi connectivity index (χ3v) is 7.00. The van der Waals surface area contributed by atoms with Gasteiger partial charge in [-0.1, -0.05) is 29.8 Å². The lowest BCUT2D eigenvalue weighted by atomic mass is 9.73. The molecule has 0 bridgehead atoms. The molecule has 6 nitrogen and oxygen atoms in total. The number of halogens is 1. The van der Waals surface area contributed by atoms with Gasteiger partial charge in [0.15, 0.2) is 0 Å². The second-order valence-corrected chi connectivity index (χ2v) is 9.26. The van der Waals surface area contributed by atoms with Crippen LogP contribution >= 0.6 is 11.6 Å². The Morgan fingerprint density at radius 2 is 1.91 bits per heavy atom. The van der Waals surface area contributed by atoms with Gasteiger partial charge in [-0.15, -0.1) is 0 Å². The van der Waals surface area contributed by atoms with Crippen molar-refractivity contribution in [2.24, 2.45) is 5.92 Å². The topological polar surface area (TPSA) is 56.1 Å². The Labute approximate surface area is 193 Å². The molecule has 32 heavy (non-hydrogen) atoms. The standard InChI is InChI=1S/C25H28ClN3O3/c26-22-4-2-21(3-5-22)25(7-12-31-13-8-25)24(30)29-11-14-32-18-20(17-29)15-19-1-6-23-27-9-10-28(23)16-19/h1-6,9-10,16,20H,7-8,11-15,17-18H2/t20-/m1/s1. The summed E-state index contributed by atoms with van der Waals surface area (Å²) in [7, 11) is 0. The van der Waals surface area contributed by atoms with E-state index in [0.717, 1.165) is 17.6 Å². The first-order valence-electron chi connectivity index (χ1n) is 11.3. The van der Waals surface area contributed by atoms with Crippen molar-refractivity contribution in [2.75, 3.05) is 39.5 Å². The van der Waals surface area contributed by atoms with Crippen LogP contribution in [-0.4, -0.2) is 59.7 Å². The van der Waals surface area contributed by atoms with E-state index < -0.39 is 5.41 Å². The lowest BCUT2D eigenvalue weighted by molar-refractivity contribution is -0.141. The number of pyridine rings is 1. The van der Waals surface area contributed by atoms with Crippen LogP contribution in [0.3, 0.4) is 0 Å². The smallest absolute Gasteiger partial charge is 0.233 e. The van der Waals surface area contributed by atoms with Crippen LogP contribution < -0.4 is 0 Å². The van der Waals surface area contributed by atoms with Gasteiger partial charge in [-0.2, -0.15) is 0 Å². The van der Waals surface area contributed by atoms with Crippen molar-refractivity contribution in [3.05, 3.63) is 71.1 Å². The number of amides is 1. The van der Waals surface area contributed by atoms with Gasteiger partial charge in [0, 0.05) is 55.8 Å². The molecule has 0 saturated carbocycles. The molecule has 0 unspecified atom stereocenters. The summed E-state index contributed by atoms with van der Waals surface area (Å²) in [6.07, 6.45) is 8.11. The number of fused-ring (bicyclic) bond motifs is 1. The van der Waals surface area contributed by atoms with E-state index in [1.54, 1.807) is 6.20 Å². The molecule has 2 aliphatic rings. The minimum absolute atomic E-state index is 0.184. The van der Waals surface area contributed by atoms with E-state index in [-0.39, 0.29) is 11.8 Å². The Kier molecular flexibility index (Phi) is 6.17. The van der Waals surface area contributed by atoms with Gasteiger partial charge in [0.2, 0.25) is 5.91 Å². The van der Waals surface area contributed by atoms with Gasteiger partial charge in [0.25, 0.3) is 0 Å². The maximum absolute atomic E-state index is 14.0. The highest BCUT2D eigenvalue weighted by atomic mass is 35.5. The van der Waals surface area contributed by atoms with E-state index in [2.05, 4.69) is 17.2 Å². The van der Waals surface area contributed by atoms with Crippen LogP contribution in [0.1, 0.15) is 24.0 Å². The summed E-state index contributed by atoms with van der Waals surface area (Å²) in [5.74, 6) is 0.424. The van der Waals surface area contributed by atoms with Crippen LogP contribution in [0.2, 0.25) is 5.02 Å². The van der Waals surface area contributed by atoms with Crippen molar-refractivity contribution in [2.45, 2.75) is 24.7 Å². The number of carbonyl (C=O) groups excluding carboxylic acids is 1. The molecule has 168 valence electrons. The Morgan fingerprint density at radius 1 is 1.09 bits per heavy atom. The molecule has 3 aromatic rings. The fourth-order valence-corrected chi connectivity index (χ4v) is 5.15. The second-order valence-electron chi connectivity index (χ2n) is 8.83. The first kappa shape index (κ1) is 21.4. The van der Waals surface area contributed by atoms with E-state index in [1.807, 2.05) is 45.8 Å². The first-order valence-corrected chi connectivity index (χ1v) is 11.6.